The van der Waals surface area contributed by atoms with E-state index in [9.17, 15) is 13.2 Å². The number of aromatic nitrogens is 1. The molecule has 6 nitrogen and oxygen atoms in total. The summed E-state index contributed by atoms with van der Waals surface area (Å²) in [6.45, 7) is 5.04. The third-order valence-corrected chi connectivity index (χ3v) is 7.81. The van der Waals surface area contributed by atoms with Gasteiger partial charge >= 0.3 is 0 Å². The number of rotatable bonds is 8. The molecule has 0 bridgehead atoms. The Morgan fingerprint density at radius 3 is 2.57 bits per heavy atom. The molecule has 1 aromatic carbocycles. The Balaban J connectivity index is 1.83. The van der Waals surface area contributed by atoms with Crippen molar-refractivity contribution in [2.45, 2.75) is 25.2 Å². The summed E-state index contributed by atoms with van der Waals surface area (Å²) in [5.41, 5.74) is 1.33. The van der Waals surface area contributed by atoms with Crippen molar-refractivity contribution < 1.29 is 13.2 Å². The van der Waals surface area contributed by atoms with Gasteiger partial charge in [0.25, 0.3) is 5.91 Å². The van der Waals surface area contributed by atoms with Gasteiger partial charge in [-0.15, -0.1) is 11.3 Å². The van der Waals surface area contributed by atoms with E-state index in [1.807, 2.05) is 38.4 Å². The first kappa shape index (κ1) is 20.6. The van der Waals surface area contributed by atoms with Gasteiger partial charge in [-0.05, 0) is 42.1 Å². The van der Waals surface area contributed by atoms with Crippen LogP contribution < -0.4 is 5.32 Å². The van der Waals surface area contributed by atoms with E-state index in [2.05, 4.69) is 5.32 Å². The van der Waals surface area contributed by atoms with Crippen LogP contribution in [-0.4, -0.2) is 42.8 Å². The Hall–Kier alpha value is -2.16. The molecule has 0 saturated carbocycles. The zero-order valence-corrected chi connectivity index (χ0v) is 17.9. The summed E-state index contributed by atoms with van der Waals surface area (Å²) in [4.78, 5) is 14.1. The molecule has 0 saturated heterocycles. The fourth-order valence-electron chi connectivity index (χ4n) is 3.26. The lowest BCUT2D eigenvalue weighted by atomic mass is 10.2. The van der Waals surface area contributed by atoms with Gasteiger partial charge < -0.3 is 9.88 Å². The van der Waals surface area contributed by atoms with E-state index in [1.165, 1.54) is 9.18 Å². The van der Waals surface area contributed by atoms with Crippen LogP contribution in [0.1, 0.15) is 29.2 Å². The number of sulfonamides is 1. The number of fused-ring (bicyclic) bond motifs is 1. The van der Waals surface area contributed by atoms with Gasteiger partial charge in [0, 0.05) is 42.5 Å². The molecular formula is C20H25N3O3S2. The van der Waals surface area contributed by atoms with Gasteiger partial charge in [0.05, 0.1) is 4.90 Å². The Bertz CT molecular complexity index is 1070. The molecule has 0 unspecified atom stereocenters. The second kappa shape index (κ2) is 8.46. The molecule has 0 radical (unpaired) electrons. The van der Waals surface area contributed by atoms with E-state index in [1.54, 1.807) is 40.2 Å². The number of carbonyl (C=O) groups excluding carboxylic acids is 1. The van der Waals surface area contributed by atoms with Gasteiger partial charge in [0.1, 0.15) is 5.69 Å². The number of nitrogens with zero attached hydrogens (tertiary/aromatic N) is 2. The molecule has 0 fully saturated rings. The van der Waals surface area contributed by atoms with Gasteiger partial charge in [-0.1, -0.05) is 19.9 Å². The van der Waals surface area contributed by atoms with Gasteiger partial charge in [0.2, 0.25) is 10.0 Å². The molecule has 0 atom stereocenters. The van der Waals surface area contributed by atoms with Crippen molar-refractivity contribution in [2.24, 2.45) is 7.05 Å². The Labute approximate surface area is 169 Å². The number of nitrogens with one attached hydrogen (secondary N) is 1. The van der Waals surface area contributed by atoms with Gasteiger partial charge in [0.15, 0.2) is 0 Å². The number of hydrogen-bond acceptors (Lipinski definition) is 4. The standard InChI is InChI=1S/C20H25N3O3S2/c1-4-23(5-2)28(25,26)17-8-9-18-15(13-17)14-19(22(18)3)20(24)21-11-10-16-7-6-12-27-16/h6-9,12-14H,4-5,10-11H2,1-3H3,(H,21,24). The number of carbonyl (C=O) groups is 1. The highest BCUT2D eigenvalue weighted by atomic mass is 32.2. The van der Waals surface area contributed by atoms with Crippen LogP contribution >= 0.6 is 11.3 Å². The normalized spacial score (nSPS) is 12.0. The van der Waals surface area contributed by atoms with Gasteiger partial charge in [-0.3, -0.25) is 4.79 Å². The highest BCUT2D eigenvalue weighted by molar-refractivity contribution is 7.89. The summed E-state index contributed by atoms with van der Waals surface area (Å²) in [6.07, 6.45) is 0.791. The van der Waals surface area contributed by atoms with Crippen molar-refractivity contribution in [3.63, 3.8) is 0 Å². The zero-order chi connectivity index (χ0) is 20.3. The number of amides is 1. The molecule has 2 heterocycles. The van der Waals surface area contributed by atoms with E-state index in [0.717, 1.165) is 17.3 Å². The summed E-state index contributed by atoms with van der Waals surface area (Å²) in [7, 11) is -1.72. The van der Waals surface area contributed by atoms with E-state index < -0.39 is 10.0 Å². The number of thiophene rings is 1. The summed E-state index contributed by atoms with van der Waals surface area (Å²) < 4.78 is 28.7. The largest absolute Gasteiger partial charge is 0.350 e. The van der Waals surface area contributed by atoms with Gasteiger partial charge in [-0.2, -0.15) is 4.31 Å². The smallest absolute Gasteiger partial charge is 0.267 e. The lowest BCUT2D eigenvalue weighted by molar-refractivity contribution is 0.0946. The van der Waals surface area contributed by atoms with E-state index in [-0.39, 0.29) is 10.8 Å². The van der Waals surface area contributed by atoms with Crippen LogP contribution in [0.2, 0.25) is 0 Å². The highest BCUT2D eigenvalue weighted by Gasteiger charge is 2.23. The van der Waals surface area contributed by atoms with Crippen LogP contribution in [0, 0.1) is 0 Å². The lowest BCUT2D eigenvalue weighted by Crippen LogP contribution is -2.30. The lowest BCUT2D eigenvalue weighted by Gasteiger charge is -2.18. The molecular weight excluding hydrogens is 394 g/mol. The topological polar surface area (TPSA) is 71.4 Å². The summed E-state index contributed by atoms with van der Waals surface area (Å²) in [5.74, 6) is -0.164. The molecule has 3 aromatic rings. The second-order valence-corrected chi connectivity index (χ2v) is 9.45. The Morgan fingerprint density at radius 1 is 1.18 bits per heavy atom. The van der Waals surface area contributed by atoms with E-state index in [0.29, 0.717) is 25.3 Å². The van der Waals surface area contributed by atoms with E-state index >= 15 is 0 Å². The summed E-state index contributed by atoms with van der Waals surface area (Å²) in [5, 5.41) is 5.69. The van der Waals surface area contributed by atoms with Crippen molar-refractivity contribution in [2.75, 3.05) is 19.6 Å². The minimum absolute atomic E-state index is 0.164. The van der Waals surface area contributed by atoms with Crippen LogP contribution in [0.3, 0.4) is 0 Å². The Kier molecular flexibility index (Phi) is 6.22. The first-order chi connectivity index (χ1) is 13.4. The monoisotopic (exact) mass is 419 g/mol. The van der Waals surface area contributed by atoms with Crippen molar-refractivity contribution >= 4 is 38.2 Å². The molecule has 0 aliphatic heterocycles. The maximum atomic E-state index is 12.8. The molecule has 0 aliphatic carbocycles. The fourth-order valence-corrected chi connectivity index (χ4v) is 5.47. The molecule has 0 spiro atoms. The highest BCUT2D eigenvalue weighted by Crippen LogP contribution is 2.24. The number of hydrogen-bond donors (Lipinski definition) is 1. The Morgan fingerprint density at radius 2 is 1.93 bits per heavy atom. The number of aryl methyl sites for hydroxylation is 1. The quantitative estimate of drug-likeness (QED) is 0.609. The van der Waals surface area contributed by atoms with Crippen LogP contribution in [-0.2, 0) is 23.5 Å². The van der Waals surface area contributed by atoms with Crippen molar-refractivity contribution in [1.82, 2.24) is 14.2 Å². The molecule has 28 heavy (non-hydrogen) atoms. The van der Waals surface area contributed by atoms with Crippen molar-refractivity contribution in [3.8, 4) is 0 Å². The summed E-state index contributed by atoms with van der Waals surface area (Å²) in [6, 6.07) is 10.8. The fraction of sp³-hybridized carbons (Fsp3) is 0.350. The van der Waals surface area contributed by atoms with Gasteiger partial charge in [-0.25, -0.2) is 8.42 Å². The molecule has 3 rings (SSSR count). The second-order valence-electron chi connectivity index (χ2n) is 6.48. The maximum absolute atomic E-state index is 12.8. The molecule has 1 N–H and O–H groups in total. The minimum atomic E-state index is -3.53. The van der Waals surface area contributed by atoms with Crippen LogP contribution in [0.25, 0.3) is 10.9 Å². The number of benzene rings is 1. The minimum Gasteiger partial charge on any atom is -0.350 e. The molecule has 0 aliphatic rings. The van der Waals surface area contributed by atoms with Crippen LogP contribution in [0.15, 0.2) is 46.7 Å². The SMILES string of the molecule is CCN(CC)S(=O)(=O)c1ccc2c(c1)cc(C(=O)NCCc1cccs1)n2C. The first-order valence-electron chi connectivity index (χ1n) is 9.28. The average molecular weight is 420 g/mol. The first-order valence-corrected chi connectivity index (χ1v) is 11.6. The predicted molar refractivity (Wildman–Crippen MR) is 113 cm³/mol. The maximum Gasteiger partial charge on any atom is 0.267 e. The van der Waals surface area contributed by atoms with E-state index in [4.69, 9.17) is 0 Å². The molecule has 2 aromatic heterocycles. The zero-order valence-electron chi connectivity index (χ0n) is 16.3. The third kappa shape index (κ3) is 3.99. The molecule has 1 amide bonds. The summed E-state index contributed by atoms with van der Waals surface area (Å²) >= 11 is 1.67. The van der Waals surface area contributed by atoms with Crippen LogP contribution in [0.4, 0.5) is 0 Å². The van der Waals surface area contributed by atoms with Crippen LogP contribution in [0.5, 0.6) is 0 Å². The molecule has 150 valence electrons. The third-order valence-electron chi connectivity index (χ3n) is 4.83. The molecule has 8 heteroatoms. The predicted octanol–water partition coefficient (Wildman–Crippen LogP) is 3.24. The van der Waals surface area contributed by atoms with Crippen molar-refractivity contribution in [3.05, 3.63) is 52.3 Å². The van der Waals surface area contributed by atoms with Crippen molar-refractivity contribution in [1.29, 1.82) is 0 Å². The average Bonchev–Trinajstić information content (AvgIpc) is 3.30.